The Bertz CT molecular complexity index is 1880. The Kier molecular flexibility index (Phi) is 11.2. The first-order valence-corrected chi connectivity index (χ1v) is 17.4. The molecule has 0 amide bonds. The number of unbranched alkanes of at least 4 members (excludes halogenated alkanes) is 4. The van der Waals surface area contributed by atoms with E-state index in [-0.39, 0.29) is 24.0 Å². The van der Waals surface area contributed by atoms with Gasteiger partial charge in [-0.2, -0.15) is 0 Å². The van der Waals surface area contributed by atoms with Crippen molar-refractivity contribution < 1.29 is 24.2 Å². The van der Waals surface area contributed by atoms with E-state index in [9.17, 15) is 14.7 Å². The standard InChI is InChI=1S/C39H50N4O5/c1-8-10-11-12-13-15-47-20-29-24(5)30-17-32-23(4)28(14-16-48-21-44)37(42-32)26(7)38-36(39(45)46)25(6)33(43-38)19-34-27(9-2)22(3)31(40-34)18-35(29)41-30/h17-19,21,23,28,41,43H,8-16,20H2,1-7H3,(H,45,46)/t23-,28-/m0/s1. The molecule has 3 aromatic heterocycles. The lowest BCUT2D eigenvalue weighted by molar-refractivity contribution is -0.128. The van der Waals surface area contributed by atoms with E-state index in [1.165, 1.54) is 25.7 Å². The summed E-state index contributed by atoms with van der Waals surface area (Å²) in [5, 5.41) is 10.4. The highest BCUT2D eigenvalue weighted by Crippen LogP contribution is 2.42. The normalized spacial score (nSPS) is 16.1. The summed E-state index contributed by atoms with van der Waals surface area (Å²) in [6, 6.07) is 6.20. The number of hydrogen-bond acceptors (Lipinski definition) is 6. The van der Waals surface area contributed by atoms with Gasteiger partial charge < -0.3 is 24.5 Å². The molecular formula is C39H50N4O5. The van der Waals surface area contributed by atoms with Crippen molar-refractivity contribution in [2.24, 2.45) is 0 Å². The van der Waals surface area contributed by atoms with Gasteiger partial charge >= 0.3 is 5.97 Å². The number of ether oxygens (including phenoxy) is 2. The predicted molar refractivity (Wildman–Crippen MR) is 191 cm³/mol. The summed E-state index contributed by atoms with van der Waals surface area (Å²) < 4.78 is 11.4. The van der Waals surface area contributed by atoms with Crippen LogP contribution in [0.15, 0.2) is 18.2 Å². The molecular weight excluding hydrogens is 604 g/mol. The van der Waals surface area contributed by atoms with Crippen LogP contribution in [0.2, 0.25) is 0 Å². The number of hydrogen-bond donors (Lipinski definition) is 3. The van der Waals surface area contributed by atoms with Gasteiger partial charge in [0.1, 0.15) is 0 Å². The highest BCUT2D eigenvalue weighted by atomic mass is 16.5. The van der Waals surface area contributed by atoms with Crippen molar-refractivity contribution in [2.75, 3.05) is 13.2 Å². The van der Waals surface area contributed by atoms with Crippen LogP contribution in [0.4, 0.5) is 0 Å². The third kappa shape index (κ3) is 6.97. The van der Waals surface area contributed by atoms with E-state index < -0.39 is 5.97 Å². The Morgan fingerprint density at radius 3 is 2.33 bits per heavy atom. The number of aromatic amines is 2. The molecule has 2 aliphatic rings. The highest BCUT2D eigenvalue weighted by molar-refractivity contribution is 6.02. The van der Waals surface area contributed by atoms with Crippen molar-refractivity contribution in [3.05, 3.63) is 68.8 Å². The zero-order chi connectivity index (χ0) is 34.5. The molecule has 0 saturated carbocycles. The molecule has 8 bridgehead atoms. The average Bonchev–Trinajstić information content (AvgIpc) is 3.74. The van der Waals surface area contributed by atoms with Crippen molar-refractivity contribution in [3.63, 3.8) is 0 Å². The molecule has 5 heterocycles. The minimum atomic E-state index is -1.000. The molecule has 48 heavy (non-hydrogen) atoms. The summed E-state index contributed by atoms with van der Waals surface area (Å²) in [4.78, 5) is 41.1. The van der Waals surface area contributed by atoms with Crippen molar-refractivity contribution in [1.82, 2.24) is 19.9 Å². The fourth-order valence-electron chi connectivity index (χ4n) is 7.23. The van der Waals surface area contributed by atoms with Gasteiger partial charge in [-0.1, -0.05) is 46.5 Å². The smallest absolute Gasteiger partial charge is 0.338 e. The zero-order valence-electron chi connectivity index (χ0n) is 29.5. The second kappa shape index (κ2) is 15.3. The first-order valence-electron chi connectivity index (χ1n) is 17.4. The molecule has 9 nitrogen and oxygen atoms in total. The lowest BCUT2D eigenvalue weighted by Crippen LogP contribution is -2.08. The molecule has 256 valence electrons. The van der Waals surface area contributed by atoms with E-state index in [2.05, 4.69) is 56.7 Å². The fourth-order valence-corrected chi connectivity index (χ4v) is 7.23. The fraction of sp³-hybridized carbons (Fsp3) is 0.487. The molecule has 0 fully saturated rings. The molecule has 3 N–H and O–H groups in total. The van der Waals surface area contributed by atoms with Gasteiger partial charge in [-0.05, 0) is 93.0 Å². The maximum absolute atomic E-state index is 12.7. The SMILES string of the molecule is CCCCCCCOCc1c(C)c2cc3nc(c(C)c4[nH]c(cc5nc(cc1[nH]2)C(C)=C5CC)c(C)c4C(=O)O)[C@@H](CCOC=O)[C@@H]3C. The van der Waals surface area contributed by atoms with E-state index in [0.717, 1.165) is 81.1 Å². The van der Waals surface area contributed by atoms with Crippen molar-refractivity contribution in [3.8, 4) is 0 Å². The number of H-pyrrole nitrogens is 2. The number of aromatic carboxylic acids is 1. The number of aryl methyl sites for hydroxylation is 3. The molecule has 0 unspecified atom stereocenters. The molecule has 9 heteroatoms. The molecule has 0 aromatic carbocycles. The van der Waals surface area contributed by atoms with Gasteiger partial charge in [-0.3, -0.25) is 9.78 Å². The number of carboxylic acids is 1. The zero-order valence-corrected chi connectivity index (χ0v) is 29.5. The number of carboxylic acid groups (broad SMARTS) is 1. The molecule has 2 aliphatic heterocycles. The van der Waals surface area contributed by atoms with E-state index >= 15 is 0 Å². The minimum absolute atomic E-state index is 0.00226. The molecule has 0 aliphatic carbocycles. The van der Waals surface area contributed by atoms with Gasteiger partial charge in [-0.25, -0.2) is 9.78 Å². The Labute approximate surface area is 283 Å². The van der Waals surface area contributed by atoms with Crippen LogP contribution in [-0.4, -0.2) is 50.7 Å². The van der Waals surface area contributed by atoms with Crippen LogP contribution in [0.5, 0.6) is 0 Å². The van der Waals surface area contributed by atoms with E-state index in [1.807, 2.05) is 19.9 Å². The Morgan fingerprint density at radius 1 is 0.896 bits per heavy atom. The predicted octanol–water partition coefficient (Wildman–Crippen LogP) is 9.22. The first-order chi connectivity index (χ1) is 23.1. The van der Waals surface area contributed by atoms with Crippen LogP contribution in [0.3, 0.4) is 0 Å². The summed E-state index contributed by atoms with van der Waals surface area (Å²) in [6.07, 6.45) is 7.29. The number of nitrogens with zero attached hydrogens (tertiary/aromatic N) is 2. The van der Waals surface area contributed by atoms with Crippen molar-refractivity contribution in [1.29, 1.82) is 0 Å². The van der Waals surface area contributed by atoms with E-state index in [4.69, 9.17) is 19.4 Å². The van der Waals surface area contributed by atoms with Gasteiger partial charge in [-0.15, -0.1) is 0 Å². The van der Waals surface area contributed by atoms with Crippen LogP contribution < -0.4 is 0 Å². The van der Waals surface area contributed by atoms with E-state index in [1.54, 1.807) is 0 Å². The number of rotatable bonds is 14. The molecule has 0 radical (unpaired) electrons. The quantitative estimate of drug-likeness (QED) is 0.117. The third-order valence-corrected chi connectivity index (χ3v) is 10.2. The topological polar surface area (TPSA) is 130 Å². The summed E-state index contributed by atoms with van der Waals surface area (Å²) >= 11 is 0. The molecule has 2 atom stereocenters. The number of fused-ring (bicyclic) bond motifs is 8. The Balaban J connectivity index is 1.78. The van der Waals surface area contributed by atoms with Gasteiger partial charge in [0.25, 0.3) is 6.47 Å². The summed E-state index contributed by atoms with van der Waals surface area (Å²) in [5.41, 5.74) is 12.6. The van der Waals surface area contributed by atoms with Crippen molar-refractivity contribution >= 4 is 45.7 Å². The lowest BCUT2D eigenvalue weighted by atomic mass is 9.87. The second-order valence-electron chi connectivity index (χ2n) is 13.2. The van der Waals surface area contributed by atoms with Gasteiger partial charge in [0.15, 0.2) is 0 Å². The Hall–Kier alpha value is -4.24. The molecule has 0 spiro atoms. The molecule has 0 saturated heterocycles. The minimum Gasteiger partial charge on any atom is -0.478 e. The van der Waals surface area contributed by atoms with Crippen LogP contribution >= 0.6 is 0 Å². The van der Waals surface area contributed by atoms with Crippen LogP contribution in [0.25, 0.3) is 33.2 Å². The summed E-state index contributed by atoms with van der Waals surface area (Å²) in [7, 11) is 0. The number of allylic oxidation sites excluding steroid dienone is 2. The number of aromatic nitrogens is 4. The summed E-state index contributed by atoms with van der Waals surface area (Å²) in [5.74, 6) is -1.07. The highest BCUT2D eigenvalue weighted by Gasteiger charge is 2.31. The van der Waals surface area contributed by atoms with Gasteiger partial charge in [0, 0.05) is 51.9 Å². The first kappa shape index (κ1) is 35.1. The average molecular weight is 655 g/mol. The number of nitrogens with one attached hydrogen (secondary N) is 2. The second-order valence-corrected chi connectivity index (χ2v) is 13.2. The Morgan fingerprint density at radius 2 is 1.62 bits per heavy atom. The van der Waals surface area contributed by atoms with Crippen LogP contribution in [0, 0.1) is 20.8 Å². The maximum Gasteiger partial charge on any atom is 0.338 e. The number of carbonyl (C=O) groups excluding carboxylic acids is 1. The maximum atomic E-state index is 12.7. The van der Waals surface area contributed by atoms with Crippen LogP contribution in [0.1, 0.15) is 140 Å². The largest absolute Gasteiger partial charge is 0.478 e. The number of carbonyl (C=O) groups is 2. The van der Waals surface area contributed by atoms with E-state index in [0.29, 0.717) is 36.1 Å². The van der Waals surface area contributed by atoms with Gasteiger partial charge in [0.2, 0.25) is 0 Å². The monoisotopic (exact) mass is 654 g/mol. The lowest BCUT2D eigenvalue weighted by Gasteiger charge is -2.16. The van der Waals surface area contributed by atoms with Gasteiger partial charge in [0.05, 0.1) is 35.7 Å². The summed E-state index contributed by atoms with van der Waals surface area (Å²) in [6.45, 7) is 16.4. The molecule has 3 aromatic rings. The van der Waals surface area contributed by atoms with Crippen molar-refractivity contribution in [2.45, 2.75) is 112 Å². The van der Waals surface area contributed by atoms with Crippen LogP contribution in [-0.2, 0) is 20.9 Å². The third-order valence-electron chi connectivity index (χ3n) is 10.2. The molecule has 5 rings (SSSR count).